The molecular formula is C14H16FN3. The van der Waals surface area contributed by atoms with Gasteiger partial charge in [0, 0.05) is 23.5 Å². The van der Waals surface area contributed by atoms with Crippen molar-refractivity contribution in [3.05, 3.63) is 59.4 Å². The van der Waals surface area contributed by atoms with Crippen LogP contribution in [0.5, 0.6) is 0 Å². The van der Waals surface area contributed by atoms with Crippen molar-refractivity contribution in [3.8, 4) is 0 Å². The zero-order chi connectivity index (χ0) is 13.0. The number of nitrogens with one attached hydrogen (secondary N) is 1. The second-order valence-electron chi connectivity index (χ2n) is 4.19. The molecule has 3 nitrogen and oxygen atoms in total. The summed E-state index contributed by atoms with van der Waals surface area (Å²) in [5.41, 5.74) is 2.53. The van der Waals surface area contributed by atoms with Crippen molar-refractivity contribution >= 4 is 0 Å². The molecule has 0 spiro atoms. The van der Waals surface area contributed by atoms with Gasteiger partial charge in [0.25, 0.3) is 0 Å². The molecule has 0 bridgehead atoms. The molecule has 1 N–H and O–H groups in total. The zero-order valence-electron chi connectivity index (χ0n) is 10.5. The molecule has 0 fully saturated rings. The molecule has 1 aromatic carbocycles. The Hall–Kier alpha value is -1.81. The van der Waals surface area contributed by atoms with Crippen molar-refractivity contribution in [2.24, 2.45) is 0 Å². The molecule has 1 heterocycles. The molecule has 94 valence electrons. The third kappa shape index (κ3) is 2.71. The van der Waals surface area contributed by atoms with Crippen LogP contribution in [-0.4, -0.2) is 16.5 Å². The number of hydrogen-bond acceptors (Lipinski definition) is 3. The van der Waals surface area contributed by atoms with E-state index >= 15 is 0 Å². The minimum absolute atomic E-state index is 0.212. The van der Waals surface area contributed by atoms with Crippen LogP contribution in [0, 0.1) is 12.7 Å². The Balaban J connectivity index is 2.44. The lowest BCUT2D eigenvalue weighted by Crippen LogP contribution is -2.23. The summed E-state index contributed by atoms with van der Waals surface area (Å²) in [5, 5.41) is 3.26. The Bertz CT molecular complexity index is 514. The number of rotatable bonds is 4. The van der Waals surface area contributed by atoms with Crippen molar-refractivity contribution in [3.63, 3.8) is 0 Å². The normalized spacial score (nSPS) is 12.4. The van der Waals surface area contributed by atoms with E-state index < -0.39 is 0 Å². The Labute approximate surface area is 106 Å². The van der Waals surface area contributed by atoms with E-state index in [2.05, 4.69) is 15.3 Å². The SMILES string of the molecule is CCNC(c1cncnc1)c1cc(C)ccc1F. The van der Waals surface area contributed by atoms with Gasteiger partial charge in [-0.25, -0.2) is 14.4 Å². The molecule has 0 saturated carbocycles. The molecule has 0 radical (unpaired) electrons. The number of nitrogens with zero attached hydrogens (tertiary/aromatic N) is 2. The topological polar surface area (TPSA) is 37.8 Å². The monoisotopic (exact) mass is 245 g/mol. The van der Waals surface area contributed by atoms with E-state index in [4.69, 9.17) is 0 Å². The van der Waals surface area contributed by atoms with Crippen LogP contribution in [0.4, 0.5) is 4.39 Å². The summed E-state index contributed by atoms with van der Waals surface area (Å²) < 4.78 is 13.9. The standard InChI is InChI=1S/C14H16FN3/c1-3-18-14(11-7-16-9-17-8-11)12-6-10(2)4-5-13(12)15/h4-9,14,18H,3H2,1-2H3. The number of aromatic nitrogens is 2. The third-order valence-corrected chi connectivity index (χ3v) is 2.78. The molecule has 0 saturated heterocycles. The number of aryl methyl sites for hydroxylation is 1. The largest absolute Gasteiger partial charge is 0.306 e. The van der Waals surface area contributed by atoms with E-state index in [1.807, 2.05) is 19.9 Å². The molecule has 2 rings (SSSR count). The summed E-state index contributed by atoms with van der Waals surface area (Å²) in [7, 11) is 0. The lowest BCUT2D eigenvalue weighted by Gasteiger charge is -2.19. The molecule has 4 heteroatoms. The highest BCUT2D eigenvalue weighted by molar-refractivity contribution is 5.33. The van der Waals surface area contributed by atoms with Crippen molar-refractivity contribution in [2.45, 2.75) is 19.9 Å². The van der Waals surface area contributed by atoms with E-state index in [-0.39, 0.29) is 11.9 Å². The minimum atomic E-state index is -0.213. The van der Waals surface area contributed by atoms with Gasteiger partial charge < -0.3 is 5.32 Å². The lowest BCUT2D eigenvalue weighted by molar-refractivity contribution is 0.556. The minimum Gasteiger partial charge on any atom is -0.306 e. The highest BCUT2D eigenvalue weighted by Crippen LogP contribution is 2.24. The number of halogens is 1. The summed E-state index contributed by atoms with van der Waals surface area (Å²) >= 11 is 0. The van der Waals surface area contributed by atoms with Crippen LogP contribution in [-0.2, 0) is 0 Å². The quantitative estimate of drug-likeness (QED) is 0.899. The van der Waals surface area contributed by atoms with Gasteiger partial charge >= 0.3 is 0 Å². The summed E-state index contributed by atoms with van der Waals surface area (Å²) in [5.74, 6) is -0.213. The first kappa shape index (κ1) is 12.6. The van der Waals surface area contributed by atoms with Crippen LogP contribution < -0.4 is 5.32 Å². The fraction of sp³-hybridized carbons (Fsp3) is 0.286. The van der Waals surface area contributed by atoms with Crippen LogP contribution >= 0.6 is 0 Å². The summed E-state index contributed by atoms with van der Waals surface area (Å²) in [4.78, 5) is 7.98. The van der Waals surface area contributed by atoms with E-state index in [0.29, 0.717) is 5.56 Å². The molecule has 0 amide bonds. The summed E-state index contributed by atoms with van der Waals surface area (Å²) in [6.07, 6.45) is 4.89. The molecule has 0 aliphatic rings. The maximum absolute atomic E-state index is 13.9. The molecule has 2 aromatic rings. The second kappa shape index (κ2) is 5.69. The summed E-state index contributed by atoms with van der Waals surface area (Å²) in [6.45, 7) is 4.69. The average Bonchev–Trinajstić information content (AvgIpc) is 2.40. The van der Waals surface area contributed by atoms with Crippen LogP contribution in [0.25, 0.3) is 0 Å². The van der Waals surface area contributed by atoms with Gasteiger partial charge in [-0.2, -0.15) is 0 Å². The maximum atomic E-state index is 13.9. The smallest absolute Gasteiger partial charge is 0.128 e. The summed E-state index contributed by atoms with van der Waals surface area (Å²) in [6, 6.07) is 4.91. The molecule has 18 heavy (non-hydrogen) atoms. The predicted octanol–water partition coefficient (Wildman–Crippen LogP) is 2.62. The van der Waals surface area contributed by atoms with Gasteiger partial charge in [0.15, 0.2) is 0 Å². The van der Waals surface area contributed by atoms with Crippen LogP contribution in [0.3, 0.4) is 0 Å². The fourth-order valence-electron chi connectivity index (χ4n) is 1.96. The van der Waals surface area contributed by atoms with Crippen LogP contribution in [0.2, 0.25) is 0 Å². The molecule has 1 unspecified atom stereocenters. The zero-order valence-corrected chi connectivity index (χ0v) is 10.5. The lowest BCUT2D eigenvalue weighted by atomic mass is 9.99. The predicted molar refractivity (Wildman–Crippen MR) is 68.7 cm³/mol. The highest BCUT2D eigenvalue weighted by atomic mass is 19.1. The number of benzene rings is 1. The number of hydrogen-bond donors (Lipinski definition) is 1. The van der Waals surface area contributed by atoms with Gasteiger partial charge in [-0.15, -0.1) is 0 Å². The molecular weight excluding hydrogens is 229 g/mol. The first-order valence-electron chi connectivity index (χ1n) is 5.96. The van der Waals surface area contributed by atoms with Gasteiger partial charge in [-0.05, 0) is 19.5 Å². The van der Waals surface area contributed by atoms with Crippen molar-refractivity contribution in [1.82, 2.24) is 15.3 Å². The Kier molecular flexibility index (Phi) is 3.99. The van der Waals surface area contributed by atoms with Crippen LogP contribution in [0.1, 0.15) is 29.7 Å². The Morgan fingerprint density at radius 1 is 1.28 bits per heavy atom. The van der Waals surface area contributed by atoms with E-state index in [0.717, 1.165) is 17.7 Å². The van der Waals surface area contributed by atoms with Crippen molar-refractivity contribution < 1.29 is 4.39 Å². The highest BCUT2D eigenvalue weighted by Gasteiger charge is 2.17. The van der Waals surface area contributed by atoms with Crippen molar-refractivity contribution in [1.29, 1.82) is 0 Å². The Morgan fingerprint density at radius 3 is 2.67 bits per heavy atom. The van der Waals surface area contributed by atoms with Gasteiger partial charge in [0.05, 0.1) is 6.04 Å². The molecule has 0 aliphatic heterocycles. The van der Waals surface area contributed by atoms with Gasteiger partial charge in [-0.3, -0.25) is 0 Å². The fourth-order valence-corrected chi connectivity index (χ4v) is 1.96. The third-order valence-electron chi connectivity index (χ3n) is 2.78. The maximum Gasteiger partial charge on any atom is 0.128 e. The first-order valence-corrected chi connectivity index (χ1v) is 5.96. The molecule has 1 atom stereocenters. The van der Waals surface area contributed by atoms with Gasteiger partial charge in [-0.1, -0.05) is 24.6 Å². The Morgan fingerprint density at radius 2 is 2.00 bits per heavy atom. The van der Waals surface area contributed by atoms with Gasteiger partial charge in [0.2, 0.25) is 0 Å². The second-order valence-corrected chi connectivity index (χ2v) is 4.19. The van der Waals surface area contributed by atoms with E-state index in [1.54, 1.807) is 18.5 Å². The van der Waals surface area contributed by atoms with Crippen molar-refractivity contribution in [2.75, 3.05) is 6.54 Å². The van der Waals surface area contributed by atoms with E-state index in [1.165, 1.54) is 12.4 Å². The van der Waals surface area contributed by atoms with Gasteiger partial charge in [0.1, 0.15) is 12.1 Å². The van der Waals surface area contributed by atoms with E-state index in [9.17, 15) is 4.39 Å². The average molecular weight is 245 g/mol. The van der Waals surface area contributed by atoms with Crippen LogP contribution in [0.15, 0.2) is 36.9 Å². The first-order chi connectivity index (χ1) is 8.72. The molecule has 0 aliphatic carbocycles. The molecule has 1 aromatic heterocycles.